The van der Waals surface area contributed by atoms with Crippen molar-refractivity contribution in [3.63, 3.8) is 0 Å². The van der Waals surface area contributed by atoms with Gasteiger partial charge in [-0.3, -0.25) is 4.79 Å². The van der Waals surface area contributed by atoms with E-state index in [0.29, 0.717) is 12.0 Å². The monoisotopic (exact) mass is 269 g/mol. The summed E-state index contributed by atoms with van der Waals surface area (Å²) in [5.74, 6) is -1.04. The van der Waals surface area contributed by atoms with Gasteiger partial charge in [0.2, 0.25) is 5.91 Å². The summed E-state index contributed by atoms with van der Waals surface area (Å²) >= 11 is 0. The third-order valence-corrected chi connectivity index (χ3v) is 3.08. The number of carboxylic acids is 1. The summed E-state index contributed by atoms with van der Waals surface area (Å²) in [7, 11) is 1.56. The molecule has 0 aromatic rings. The van der Waals surface area contributed by atoms with Gasteiger partial charge in [0.15, 0.2) is 6.04 Å². The van der Waals surface area contributed by atoms with Gasteiger partial charge in [-0.1, -0.05) is 13.0 Å². The van der Waals surface area contributed by atoms with Crippen LogP contribution in [0.3, 0.4) is 0 Å². The van der Waals surface area contributed by atoms with E-state index in [4.69, 9.17) is 9.84 Å². The van der Waals surface area contributed by atoms with Gasteiger partial charge in [0.1, 0.15) is 6.10 Å². The number of methoxy groups -OCH3 is 1. The largest absolute Gasteiger partial charge is 0.501 e. The lowest BCUT2D eigenvalue weighted by Crippen LogP contribution is -2.49. The molecule has 1 rings (SSSR count). The molecule has 6 heteroatoms. The molecule has 3 N–H and O–H groups in total. The second-order valence-corrected chi connectivity index (χ2v) is 4.57. The van der Waals surface area contributed by atoms with Crippen LogP contribution in [0.5, 0.6) is 0 Å². The van der Waals surface area contributed by atoms with Crippen molar-refractivity contribution >= 4 is 11.9 Å². The van der Waals surface area contributed by atoms with E-state index < -0.39 is 24.0 Å². The van der Waals surface area contributed by atoms with Crippen molar-refractivity contribution in [3.8, 4) is 0 Å². The smallest absolute Gasteiger partial charge is 0.329 e. The summed E-state index contributed by atoms with van der Waals surface area (Å²) < 4.78 is 5.11. The number of amides is 1. The van der Waals surface area contributed by atoms with Crippen molar-refractivity contribution in [2.24, 2.45) is 5.92 Å². The maximum atomic E-state index is 11.1. The summed E-state index contributed by atoms with van der Waals surface area (Å²) in [5, 5.41) is 21.5. The molecule has 0 radical (unpaired) electrons. The van der Waals surface area contributed by atoms with Crippen molar-refractivity contribution in [2.45, 2.75) is 32.4 Å². The predicted molar refractivity (Wildman–Crippen MR) is 68.2 cm³/mol. The minimum Gasteiger partial charge on any atom is -0.501 e. The minimum absolute atomic E-state index is 0.0504. The molecule has 0 aromatic carbocycles. The SMILES string of the molecule is COC1=CC=C([C@H](O)[C@H](NC(C)=O)C(=O)O)C(C)C1. The first-order chi connectivity index (χ1) is 8.86. The molecule has 106 valence electrons. The maximum absolute atomic E-state index is 11.1. The topological polar surface area (TPSA) is 95.9 Å². The molecular weight excluding hydrogens is 250 g/mol. The Morgan fingerprint density at radius 2 is 2.11 bits per heavy atom. The summed E-state index contributed by atoms with van der Waals surface area (Å²) in [4.78, 5) is 22.1. The van der Waals surface area contributed by atoms with E-state index in [-0.39, 0.29) is 5.92 Å². The number of carbonyl (C=O) groups is 2. The normalized spacial score (nSPS) is 21.8. The van der Waals surface area contributed by atoms with Gasteiger partial charge in [-0.05, 0) is 17.6 Å². The van der Waals surface area contributed by atoms with E-state index >= 15 is 0 Å². The zero-order valence-electron chi connectivity index (χ0n) is 11.2. The Hall–Kier alpha value is -1.82. The number of aliphatic hydroxyl groups is 1. The highest BCUT2D eigenvalue weighted by Crippen LogP contribution is 2.28. The van der Waals surface area contributed by atoms with Gasteiger partial charge in [0, 0.05) is 13.3 Å². The highest BCUT2D eigenvalue weighted by Gasteiger charge is 2.33. The van der Waals surface area contributed by atoms with Gasteiger partial charge in [0.05, 0.1) is 12.9 Å². The first-order valence-corrected chi connectivity index (χ1v) is 5.99. The van der Waals surface area contributed by atoms with Gasteiger partial charge in [-0.25, -0.2) is 4.79 Å². The molecule has 0 bridgehead atoms. The fourth-order valence-electron chi connectivity index (χ4n) is 2.07. The molecule has 0 saturated heterocycles. The average Bonchev–Trinajstić information content (AvgIpc) is 2.34. The molecule has 0 heterocycles. The van der Waals surface area contributed by atoms with Crippen LogP contribution in [0.25, 0.3) is 0 Å². The lowest BCUT2D eigenvalue weighted by molar-refractivity contribution is -0.144. The van der Waals surface area contributed by atoms with Crippen molar-refractivity contribution in [1.29, 1.82) is 0 Å². The number of nitrogens with one attached hydrogen (secondary N) is 1. The van der Waals surface area contributed by atoms with Crippen molar-refractivity contribution in [3.05, 3.63) is 23.5 Å². The number of hydrogen-bond donors (Lipinski definition) is 3. The molecule has 0 aliphatic heterocycles. The molecule has 0 fully saturated rings. The molecule has 1 amide bonds. The number of rotatable bonds is 5. The van der Waals surface area contributed by atoms with Crippen LogP contribution >= 0.6 is 0 Å². The Morgan fingerprint density at radius 3 is 2.53 bits per heavy atom. The summed E-state index contributed by atoms with van der Waals surface area (Å²) in [5.41, 5.74) is 0.571. The summed E-state index contributed by atoms with van der Waals surface area (Å²) in [6.07, 6.45) is 2.68. The molecule has 3 atom stereocenters. The third-order valence-electron chi connectivity index (χ3n) is 3.08. The van der Waals surface area contributed by atoms with E-state index in [9.17, 15) is 14.7 Å². The van der Waals surface area contributed by atoms with Crippen molar-refractivity contribution in [1.82, 2.24) is 5.32 Å². The highest BCUT2D eigenvalue weighted by molar-refractivity contribution is 5.83. The average molecular weight is 269 g/mol. The van der Waals surface area contributed by atoms with E-state index in [1.54, 1.807) is 19.3 Å². The predicted octanol–water partition coefficient (Wildman–Crippen LogP) is 0.433. The van der Waals surface area contributed by atoms with Gasteiger partial charge in [-0.15, -0.1) is 0 Å². The first kappa shape index (κ1) is 15.2. The van der Waals surface area contributed by atoms with E-state index in [1.807, 2.05) is 6.92 Å². The number of hydrogen-bond acceptors (Lipinski definition) is 4. The summed E-state index contributed by atoms with van der Waals surface area (Å²) in [6.45, 7) is 3.08. The Labute approximate surface area is 111 Å². The van der Waals surface area contributed by atoms with Crippen LogP contribution in [0.2, 0.25) is 0 Å². The van der Waals surface area contributed by atoms with Gasteiger partial charge < -0.3 is 20.3 Å². The van der Waals surface area contributed by atoms with Crippen LogP contribution in [0, 0.1) is 5.92 Å². The Bertz CT molecular complexity index is 427. The minimum atomic E-state index is -1.34. The number of allylic oxidation sites excluding steroid dienone is 3. The molecule has 0 aromatic heterocycles. The second-order valence-electron chi connectivity index (χ2n) is 4.57. The Morgan fingerprint density at radius 1 is 1.47 bits per heavy atom. The maximum Gasteiger partial charge on any atom is 0.329 e. The molecular formula is C13H19NO5. The van der Waals surface area contributed by atoms with Crippen LogP contribution in [-0.2, 0) is 14.3 Å². The molecule has 0 spiro atoms. The zero-order valence-corrected chi connectivity index (χ0v) is 11.2. The van der Waals surface area contributed by atoms with Crippen LogP contribution < -0.4 is 5.32 Å². The van der Waals surface area contributed by atoms with Crippen LogP contribution in [0.15, 0.2) is 23.5 Å². The van der Waals surface area contributed by atoms with Crippen molar-refractivity contribution < 1.29 is 24.5 Å². The molecule has 1 aliphatic carbocycles. The van der Waals surface area contributed by atoms with E-state index in [0.717, 1.165) is 5.76 Å². The first-order valence-electron chi connectivity index (χ1n) is 5.99. The van der Waals surface area contributed by atoms with Gasteiger partial charge in [0.25, 0.3) is 0 Å². The van der Waals surface area contributed by atoms with E-state index in [2.05, 4.69) is 5.32 Å². The number of aliphatic carboxylic acids is 1. The molecule has 19 heavy (non-hydrogen) atoms. The van der Waals surface area contributed by atoms with Crippen molar-refractivity contribution in [2.75, 3.05) is 7.11 Å². The fraction of sp³-hybridized carbons (Fsp3) is 0.538. The van der Waals surface area contributed by atoms with Crippen LogP contribution in [0.1, 0.15) is 20.3 Å². The van der Waals surface area contributed by atoms with Crippen LogP contribution in [-0.4, -0.2) is 41.3 Å². The molecule has 0 saturated carbocycles. The number of carboxylic acid groups (broad SMARTS) is 1. The van der Waals surface area contributed by atoms with E-state index in [1.165, 1.54) is 6.92 Å². The molecule has 6 nitrogen and oxygen atoms in total. The number of ether oxygens (including phenoxy) is 1. The number of carbonyl (C=O) groups excluding carboxylic acids is 1. The Kier molecular flexibility index (Phi) is 5.11. The lowest BCUT2D eigenvalue weighted by atomic mass is 9.86. The standard InChI is InChI=1S/C13H19NO5/c1-7-6-9(19-3)4-5-10(7)12(16)11(13(17)18)14-8(2)15/h4-5,7,11-12,16H,6H2,1-3H3,(H,14,15)(H,17,18)/t7?,11-,12-/m0/s1. The summed E-state index contributed by atoms with van der Waals surface area (Å²) in [6, 6.07) is -1.34. The second kappa shape index (κ2) is 6.38. The Balaban J connectivity index is 2.93. The zero-order chi connectivity index (χ0) is 14.6. The molecule has 1 unspecified atom stereocenters. The highest BCUT2D eigenvalue weighted by atomic mass is 16.5. The third kappa shape index (κ3) is 3.82. The lowest BCUT2D eigenvalue weighted by Gasteiger charge is -2.28. The van der Waals surface area contributed by atoms with Crippen LogP contribution in [0.4, 0.5) is 0 Å². The molecule has 1 aliphatic rings. The van der Waals surface area contributed by atoms with Gasteiger partial charge in [-0.2, -0.15) is 0 Å². The number of aliphatic hydroxyl groups excluding tert-OH is 1. The van der Waals surface area contributed by atoms with Gasteiger partial charge >= 0.3 is 5.97 Å². The fourth-order valence-corrected chi connectivity index (χ4v) is 2.07. The quantitative estimate of drug-likeness (QED) is 0.672.